The molecule has 1 saturated heterocycles. The molecule has 0 aromatic carbocycles. The second-order valence-electron chi connectivity index (χ2n) is 3.86. The van der Waals surface area contributed by atoms with Crippen LogP contribution in [0.3, 0.4) is 0 Å². The number of amides is 2. The Morgan fingerprint density at radius 3 is 2.82 bits per heavy atom. The highest BCUT2D eigenvalue weighted by atomic mass is 16.3. The predicted octanol–water partition coefficient (Wildman–Crippen LogP) is -1.20. The molecule has 90 valence electrons. The summed E-state index contributed by atoms with van der Waals surface area (Å²) in [5.41, 5.74) is 0.890. The summed E-state index contributed by atoms with van der Waals surface area (Å²) in [5.74, 6) is -1.88. The minimum atomic E-state index is -1.00. The molecule has 0 aliphatic carbocycles. The van der Waals surface area contributed by atoms with Gasteiger partial charge in [0.2, 0.25) is 11.8 Å². The first-order valence-electron chi connectivity index (χ1n) is 5.31. The number of pyridine rings is 1. The summed E-state index contributed by atoms with van der Waals surface area (Å²) in [6.45, 7) is 0.448. The van der Waals surface area contributed by atoms with E-state index < -0.39 is 23.8 Å². The summed E-state index contributed by atoms with van der Waals surface area (Å²) < 4.78 is 0. The van der Waals surface area contributed by atoms with Gasteiger partial charge in [0.25, 0.3) is 0 Å². The van der Waals surface area contributed by atoms with Crippen molar-refractivity contribution < 1.29 is 14.7 Å². The van der Waals surface area contributed by atoms with Gasteiger partial charge < -0.3 is 15.7 Å². The van der Waals surface area contributed by atoms with E-state index in [0.29, 0.717) is 6.54 Å². The number of aliphatic hydroxyl groups is 1. The summed E-state index contributed by atoms with van der Waals surface area (Å²) in [7, 11) is 0. The maximum atomic E-state index is 11.7. The highest BCUT2D eigenvalue weighted by Crippen LogP contribution is 2.10. The number of aromatic nitrogens is 1. The Labute approximate surface area is 98.1 Å². The zero-order valence-corrected chi connectivity index (χ0v) is 9.09. The lowest BCUT2D eigenvalue weighted by atomic mass is 10.0. The van der Waals surface area contributed by atoms with Crippen molar-refractivity contribution in [3.05, 3.63) is 30.1 Å². The molecule has 1 aromatic heterocycles. The van der Waals surface area contributed by atoms with Crippen LogP contribution in [-0.2, 0) is 16.1 Å². The van der Waals surface area contributed by atoms with Crippen LogP contribution in [0.5, 0.6) is 0 Å². The normalized spacial score (nSPS) is 23.2. The minimum absolute atomic E-state index is 0.131. The van der Waals surface area contributed by atoms with Crippen LogP contribution in [0.25, 0.3) is 0 Å². The molecule has 6 nitrogen and oxygen atoms in total. The van der Waals surface area contributed by atoms with E-state index in [1.165, 1.54) is 0 Å². The molecule has 2 heterocycles. The quantitative estimate of drug-likeness (QED) is 0.574. The maximum absolute atomic E-state index is 11.7. The lowest BCUT2D eigenvalue weighted by Gasteiger charge is -2.11. The third kappa shape index (κ3) is 2.59. The number of nitrogens with one attached hydrogen (secondary N) is 2. The van der Waals surface area contributed by atoms with Gasteiger partial charge in [-0.25, -0.2) is 0 Å². The van der Waals surface area contributed by atoms with Crippen LogP contribution in [0.4, 0.5) is 0 Å². The van der Waals surface area contributed by atoms with Crippen molar-refractivity contribution in [1.29, 1.82) is 0 Å². The van der Waals surface area contributed by atoms with E-state index in [2.05, 4.69) is 15.6 Å². The molecule has 0 spiro atoms. The lowest BCUT2D eigenvalue weighted by Crippen LogP contribution is -2.39. The molecule has 17 heavy (non-hydrogen) atoms. The van der Waals surface area contributed by atoms with Crippen molar-refractivity contribution in [2.75, 3.05) is 6.54 Å². The van der Waals surface area contributed by atoms with Crippen LogP contribution in [0.15, 0.2) is 24.5 Å². The van der Waals surface area contributed by atoms with Crippen LogP contribution in [0.2, 0.25) is 0 Å². The Balaban J connectivity index is 1.91. The van der Waals surface area contributed by atoms with Crippen LogP contribution >= 0.6 is 0 Å². The van der Waals surface area contributed by atoms with E-state index in [4.69, 9.17) is 0 Å². The molecule has 1 aliphatic heterocycles. The Hall–Kier alpha value is -1.95. The van der Waals surface area contributed by atoms with Crippen molar-refractivity contribution in [3.63, 3.8) is 0 Å². The highest BCUT2D eigenvalue weighted by Gasteiger charge is 2.38. The molecular formula is C11H13N3O3. The number of nitrogens with zero attached hydrogens (tertiary/aromatic N) is 1. The van der Waals surface area contributed by atoms with Crippen LogP contribution < -0.4 is 10.6 Å². The van der Waals surface area contributed by atoms with Crippen molar-refractivity contribution in [2.24, 2.45) is 5.92 Å². The third-order valence-corrected chi connectivity index (χ3v) is 2.65. The largest absolute Gasteiger partial charge is 0.390 e. The Morgan fingerprint density at radius 1 is 1.53 bits per heavy atom. The van der Waals surface area contributed by atoms with E-state index in [9.17, 15) is 14.7 Å². The molecule has 0 bridgehead atoms. The number of aliphatic hydroxyl groups excluding tert-OH is 1. The molecule has 2 amide bonds. The van der Waals surface area contributed by atoms with Gasteiger partial charge in [0.15, 0.2) is 0 Å². The second-order valence-corrected chi connectivity index (χ2v) is 3.86. The summed E-state index contributed by atoms with van der Waals surface area (Å²) in [5, 5.41) is 14.5. The summed E-state index contributed by atoms with van der Waals surface area (Å²) in [6, 6.07) is 3.54. The second kappa shape index (κ2) is 4.92. The predicted molar refractivity (Wildman–Crippen MR) is 58.6 cm³/mol. The van der Waals surface area contributed by atoms with Gasteiger partial charge in [-0.1, -0.05) is 0 Å². The first-order chi connectivity index (χ1) is 8.18. The molecular weight excluding hydrogens is 222 g/mol. The molecule has 0 saturated carbocycles. The van der Waals surface area contributed by atoms with Gasteiger partial charge in [-0.3, -0.25) is 14.6 Å². The summed E-state index contributed by atoms with van der Waals surface area (Å²) >= 11 is 0. The minimum Gasteiger partial charge on any atom is -0.390 e. The maximum Gasteiger partial charge on any atom is 0.235 e. The van der Waals surface area contributed by atoms with Gasteiger partial charge in [-0.2, -0.15) is 0 Å². The zero-order valence-electron chi connectivity index (χ0n) is 9.09. The van der Waals surface area contributed by atoms with Crippen LogP contribution in [0, 0.1) is 5.92 Å². The first-order valence-corrected chi connectivity index (χ1v) is 5.31. The van der Waals surface area contributed by atoms with Crippen molar-refractivity contribution in [2.45, 2.75) is 12.6 Å². The van der Waals surface area contributed by atoms with Crippen molar-refractivity contribution in [1.82, 2.24) is 15.6 Å². The van der Waals surface area contributed by atoms with Gasteiger partial charge in [0, 0.05) is 25.5 Å². The number of hydrogen-bond donors (Lipinski definition) is 3. The number of β-amino-alcohol motifs (C(OH)–C–C–N with tert-alkyl or cyclic N) is 1. The van der Waals surface area contributed by atoms with Crippen molar-refractivity contribution in [3.8, 4) is 0 Å². The Kier molecular flexibility index (Phi) is 3.34. The molecule has 0 radical (unpaired) electrons. The molecule has 3 N–H and O–H groups in total. The van der Waals surface area contributed by atoms with E-state index in [1.807, 2.05) is 0 Å². The first kappa shape index (κ1) is 11.5. The number of carbonyl (C=O) groups excluding carboxylic acids is 2. The van der Waals surface area contributed by atoms with Crippen LogP contribution in [-0.4, -0.2) is 34.6 Å². The van der Waals surface area contributed by atoms with E-state index in [-0.39, 0.29) is 6.54 Å². The van der Waals surface area contributed by atoms with Gasteiger partial charge in [-0.15, -0.1) is 0 Å². The van der Waals surface area contributed by atoms with Gasteiger partial charge in [0.1, 0.15) is 5.92 Å². The smallest absolute Gasteiger partial charge is 0.235 e. The molecule has 2 unspecified atom stereocenters. The molecule has 2 rings (SSSR count). The van der Waals surface area contributed by atoms with E-state index >= 15 is 0 Å². The molecule has 6 heteroatoms. The number of carbonyl (C=O) groups is 2. The Morgan fingerprint density at radius 2 is 2.24 bits per heavy atom. The SMILES string of the molecule is O=C(NCc1ccncc1)C1C(=O)NCC1O. The topological polar surface area (TPSA) is 91.3 Å². The average molecular weight is 235 g/mol. The fourth-order valence-corrected chi connectivity index (χ4v) is 1.70. The molecule has 1 fully saturated rings. The third-order valence-electron chi connectivity index (χ3n) is 2.65. The molecule has 1 aliphatic rings. The molecule has 1 aromatic rings. The average Bonchev–Trinajstić information content (AvgIpc) is 2.67. The monoisotopic (exact) mass is 235 g/mol. The fraction of sp³-hybridized carbons (Fsp3) is 0.364. The van der Waals surface area contributed by atoms with Gasteiger partial charge >= 0.3 is 0 Å². The Bertz CT molecular complexity index is 421. The summed E-state index contributed by atoms with van der Waals surface area (Å²) in [4.78, 5) is 26.8. The summed E-state index contributed by atoms with van der Waals surface area (Å²) in [6.07, 6.45) is 2.30. The number of hydrogen-bond acceptors (Lipinski definition) is 4. The standard InChI is InChI=1S/C11H13N3O3/c15-8-6-14-11(17)9(8)10(16)13-5-7-1-3-12-4-2-7/h1-4,8-9,15H,5-6H2,(H,13,16)(H,14,17). The zero-order chi connectivity index (χ0) is 12.3. The van der Waals surface area contributed by atoms with Crippen LogP contribution in [0.1, 0.15) is 5.56 Å². The van der Waals surface area contributed by atoms with E-state index in [1.54, 1.807) is 24.5 Å². The van der Waals surface area contributed by atoms with Gasteiger partial charge in [0.05, 0.1) is 6.10 Å². The van der Waals surface area contributed by atoms with Gasteiger partial charge in [-0.05, 0) is 17.7 Å². The molecule has 2 atom stereocenters. The number of rotatable bonds is 3. The van der Waals surface area contributed by atoms with E-state index in [0.717, 1.165) is 5.56 Å². The highest BCUT2D eigenvalue weighted by molar-refractivity contribution is 6.02. The van der Waals surface area contributed by atoms with Crippen molar-refractivity contribution >= 4 is 11.8 Å². The lowest BCUT2D eigenvalue weighted by molar-refractivity contribution is -0.135. The fourth-order valence-electron chi connectivity index (χ4n) is 1.70.